The predicted octanol–water partition coefficient (Wildman–Crippen LogP) is 3.00. The normalized spacial score (nSPS) is 11.2. The van der Waals surface area contributed by atoms with Gasteiger partial charge in [0, 0.05) is 18.7 Å². The number of amides is 1. The van der Waals surface area contributed by atoms with E-state index in [1.165, 1.54) is 0 Å². The van der Waals surface area contributed by atoms with Gasteiger partial charge in [-0.1, -0.05) is 35.4 Å². The number of rotatable bonds is 7. The van der Waals surface area contributed by atoms with Crippen molar-refractivity contribution in [1.82, 2.24) is 4.72 Å². The van der Waals surface area contributed by atoms with Crippen LogP contribution in [0.5, 0.6) is 0 Å². The predicted molar refractivity (Wildman–Crippen MR) is 95.4 cm³/mol. The summed E-state index contributed by atoms with van der Waals surface area (Å²) >= 11 is 0. The van der Waals surface area contributed by atoms with E-state index in [9.17, 15) is 13.2 Å². The molecule has 0 atom stereocenters. The van der Waals surface area contributed by atoms with E-state index in [4.69, 9.17) is 0 Å². The van der Waals surface area contributed by atoms with Crippen molar-refractivity contribution in [2.75, 3.05) is 11.9 Å². The van der Waals surface area contributed by atoms with Gasteiger partial charge in [0.05, 0.1) is 4.90 Å². The summed E-state index contributed by atoms with van der Waals surface area (Å²) in [6.45, 7) is 4.10. The number of sulfonamides is 1. The average Bonchev–Trinajstić information content (AvgIpc) is 2.54. The molecule has 0 fully saturated rings. The molecule has 0 aliphatic heterocycles. The van der Waals surface area contributed by atoms with Crippen LogP contribution in [0.15, 0.2) is 53.4 Å². The molecule has 2 aromatic carbocycles. The van der Waals surface area contributed by atoms with E-state index in [1.54, 1.807) is 24.3 Å². The third-order valence-electron chi connectivity index (χ3n) is 3.54. The first-order valence-corrected chi connectivity index (χ1v) is 9.28. The van der Waals surface area contributed by atoms with Crippen LogP contribution in [-0.2, 0) is 14.8 Å². The van der Waals surface area contributed by atoms with Crippen molar-refractivity contribution >= 4 is 21.6 Å². The lowest BCUT2D eigenvalue weighted by Gasteiger charge is -2.08. The lowest BCUT2D eigenvalue weighted by molar-refractivity contribution is -0.116. The van der Waals surface area contributed by atoms with Crippen molar-refractivity contribution < 1.29 is 13.2 Å². The van der Waals surface area contributed by atoms with E-state index >= 15 is 0 Å². The number of carbonyl (C=O) groups is 1. The standard InChI is InChI=1S/C18H22N2O3S/c1-14-5-9-16(10-6-14)20-18(21)4-3-13-19-24(22,23)17-11-7-15(2)8-12-17/h5-12,19H,3-4,13H2,1-2H3,(H,20,21). The van der Waals surface area contributed by atoms with Gasteiger partial charge in [-0.25, -0.2) is 13.1 Å². The molecule has 0 bridgehead atoms. The van der Waals surface area contributed by atoms with Crippen LogP contribution in [0.2, 0.25) is 0 Å². The average molecular weight is 346 g/mol. The third-order valence-corrected chi connectivity index (χ3v) is 5.02. The number of anilines is 1. The highest BCUT2D eigenvalue weighted by Crippen LogP contribution is 2.11. The molecular formula is C18H22N2O3S. The Kier molecular flexibility index (Phi) is 6.11. The molecule has 0 saturated heterocycles. The van der Waals surface area contributed by atoms with Gasteiger partial charge in [-0.15, -0.1) is 0 Å². The highest BCUT2D eigenvalue weighted by Gasteiger charge is 2.13. The molecule has 2 N–H and O–H groups in total. The maximum absolute atomic E-state index is 12.1. The minimum absolute atomic E-state index is 0.131. The van der Waals surface area contributed by atoms with Gasteiger partial charge in [-0.05, 0) is 44.5 Å². The topological polar surface area (TPSA) is 75.3 Å². The zero-order valence-electron chi connectivity index (χ0n) is 13.9. The largest absolute Gasteiger partial charge is 0.326 e. The third kappa shape index (κ3) is 5.47. The van der Waals surface area contributed by atoms with E-state index < -0.39 is 10.0 Å². The van der Waals surface area contributed by atoms with Crippen molar-refractivity contribution in [3.63, 3.8) is 0 Å². The summed E-state index contributed by atoms with van der Waals surface area (Å²) in [5, 5.41) is 2.79. The first-order valence-electron chi connectivity index (χ1n) is 7.80. The van der Waals surface area contributed by atoms with Crippen LogP contribution in [0, 0.1) is 13.8 Å². The fourth-order valence-corrected chi connectivity index (χ4v) is 3.19. The molecule has 6 heteroatoms. The minimum atomic E-state index is -3.52. The fraction of sp³-hybridized carbons (Fsp3) is 0.278. The number of nitrogens with one attached hydrogen (secondary N) is 2. The smallest absolute Gasteiger partial charge is 0.240 e. The summed E-state index contributed by atoms with van der Waals surface area (Å²) in [5.41, 5.74) is 2.87. The van der Waals surface area contributed by atoms with Crippen LogP contribution in [0.4, 0.5) is 5.69 Å². The fourth-order valence-electron chi connectivity index (χ4n) is 2.12. The van der Waals surface area contributed by atoms with Crippen LogP contribution >= 0.6 is 0 Å². The Hall–Kier alpha value is -2.18. The van der Waals surface area contributed by atoms with Gasteiger partial charge in [-0.2, -0.15) is 0 Å². The number of benzene rings is 2. The summed E-state index contributed by atoms with van der Waals surface area (Å²) in [6, 6.07) is 14.2. The number of hydrogen-bond acceptors (Lipinski definition) is 3. The minimum Gasteiger partial charge on any atom is -0.326 e. The van der Waals surface area contributed by atoms with Crippen molar-refractivity contribution in [3.05, 3.63) is 59.7 Å². The van der Waals surface area contributed by atoms with Crippen LogP contribution < -0.4 is 10.0 Å². The SMILES string of the molecule is Cc1ccc(NC(=O)CCCNS(=O)(=O)c2ccc(C)cc2)cc1. The summed E-state index contributed by atoms with van der Waals surface area (Å²) in [5.74, 6) is -0.131. The second-order valence-corrected chi connectivity index (χ2v) is 7.50. The summed E-state index contributed by atoms with van der Waals surface area (Å²) in [4.78, 5) is 12.1. The van der Waals surface area contributed by atoms with E-state index in [0.29, 0.717) is 6.42 Å². The number of hydrogen-bond donors (Lipinski definition) is 2. The van der Waals surface area contributed by atoms with Gasteiger partial charge in [0.1, 0.15) is 0 Å². The Labute approximate surface area is 143 Å². The van der Waals surface area contributed by atoms with Gasteiger partial charge in [0.2, 0.25) is 15.9 Å². The Morgan fingerprint density at radius 1 is 0.917 bits per heavy atom. The molecule has 5 nitrogen and oxygen atoms in total. The molecule has 128 valence electrons. The number of carbonyl (C=O) groups excluding carboxylic acids is 1. The second-order valence-electron chi connectivity index (χ2n) is 5.73. The van der Waals surface area contributed by atoms with Crippen LogP contribution in [-0.4, -0.2) is 20.9 Å². The molecule has 2 aromatic rings. The first kappa shape index (κ1) is 18.2. The van der Waals surface area contributed by atoms with Gasteiger partial charge in [0.15, 0.2) is 0 Å². The van der Waals surface area contributed by atoms with Crippen molar-refractivity contribution in [3.8, 4) is 0 Å². The van der Waals surface area contributed by atoms with E-state index in [1.807, 2.05) is 38.1 Å². The molecule has 0 aromatic heterocycles. The summed E-state index contributed by atoms with van der Waals surface area (Å²) in [6.07, 6.45) is 0.688. The monoisotopic (exact) mass is 346 g/mol. The maximum atomic E-state index is 12.1. The Morgan fingerprint density at radius 3 is 2.04 bits per heavy atom. The lowest BCUT2D eigenvalue weighted by atomic mass is 10.2. The van der Waals surface area contributed by atoms with Crippen molar-refractivity contribution in [1.29, 1.82) is 0 Å². The molecule has 0 heterocycles. The number of aryl methyl sites for hydroxylation is 2. The first-order chi connectivity index (χ1) is 11.4. The van der Waals surface area contributed by atoms with E-state index in [2.05, 4.69) is 10.0 Å². The summed E-state index contributed by atoms with van der Waals surface area (Å²) < 4.78 is 26.7. The Morgan fingerprint density at radius 2 is 1.46 bits per heavy atom. The Balaban J connectivity index is 1.76. The van der Waals surface area contributed by atoms with Crippen LogP contribution in [0.1, 0.15) is 24.0 Å². The molecule has 0 spiro atoms. The molecule has 24 heavy (non-hydrogen) atoms. The lowest BCUT2D eigenvalue weighted by Crippen LogP contribution is -2.25. The molecule has 2 rings (SSSR count). The van der Waals surface area contributed by atoms with Gasteiger partial charge >= 0.3 is 0 Å². The maximum Gasteiger partial charge on any atom is 0.240 e. The Bertz CT molecular complexity index is 782. The zero-order valence-corrected chi connectivity index (χ0v) is 14.7. The van der Waals surface area contributed by atoms with Gasteiger partial charge < -0.3 is 5.32 Å². The quantitative estimate of drug-likeness (QED) is 0.757. The van der Waals surface area contributed by atoms with Gasteiger partial charge in [0.25, 0.3) is 0 Å². The molecule has 0 radical (unpaired) electrons. The highest BCUT2D eigenvalue weighted by molar-refractivity contribution is 7.89. The van der Waals surface area contributed by atoms with Crippen molar-refractivity contribution in [2.45, 2.75) is 31.6 Å². The molecular weight excluding hydrogens is 324 g/mol. The molecule has 1 amide bonds. The molecule has 0 unspecified atom stereocenters. The highest BCUT2D eigenvalue weighted by atomic mass is 32.2. The van der Waals surface area contributed by atoms with E-state index in [0.717, 1.165) is 16.8 Å². The van der Waals surface area contributed by atoms with Crippen molar-refractivity contribution in [2.24, 2.45) is 0 Å². The summed E-state index contributed by atoms with van der Waals surface area (Å²) in [7, 11) is -3.52. The molecule has 0 saturated carbocycles. The zero-order chi connectivity index (χ0) is 17.6. The molecule has 0 aliphatic rings. The van der Waals surface area contributed by atoms with Gasteiger partial charge in [-0.3, -0.25) is 4.79 Å². The van der Waals surface area contributed by atoms with Crippen LogP contribution in [0.25, 0.3) is 0 Å². The second kappa shape index (κ2) is 8.08. The van der Waals surface area contributed by atoms with E-state index in [-0.39, 0.29) is 23.8 Å². The van der Waals surface area contributed by atoms with Crippen LogP contribution in [0.3, 0.4) is 0 Å². The molecule has 0 aliphatic carbocycles.